The molecule has 0 aromatic rings. The maximum atomic E-state index is 13.3. The van der Waals surface area contributed by atoms with Gasteiger partial charge in [0.15, 0.2) is 12.6 Å². The second-order valence-electron chi connectivity index (χ2n) is 24.3. The van der Waals surface area contributed by atoms with Gasteiger partial charge < -0.3 is 65.1 Å². The summed E-state index contributed by atoms with van der Waals surface area (Å²) >= 11 is 0. The number of rotatable bonds is 56. The van der Waals surface area contributed by atoms with Crippen molar-refractivity contribution in [3.8, 4) is 0 Å². The van der Waals surface area contributed by atoms with Crippen molar-refractivity contribution < 1.29 is 64.6 Å². The molecule has 14 heteroatoms. The average Bonchev–Trinajstić information content (AvgIpc) is 2.33. The molecule has 2 saturated heterocycles. The van der Waals surface area contributed by atoms with Gasteiger partial charge in [-0.1, -0.05) is 284 Å². The minimum absolute atomic E-state index is 0.196. The van der Waals surface area contributed by atoms with Crippen LogP contribution in [0.25, 0.3) is 0 Å². The minimum atomic E-state index is -1.80. The molecule has 0 aliphatic carbocycles. The monoisotopic (exact) mass is 1230 g/mol. The SMILES string of the molecule is CC/C=C\C/C=C\C/C=C\C/C=C\C/C=C\C/C=C\C/C=C\CCCC(=O)NC(COC1OC(CO)C(OC2OC(CO)C(O)C(O)C2O)C(O)C1O)C(O)/C=C/CCCCCCCCCCCCCCCCCCCCCCCCCCCCCC. The highest BCUT2D eigenvalue weighted by Crippen LogP contribution is 2.30. The number of unbranched alkanes of at least 4 members (excludes halogenated alkanes) is 29. The van der Waals surface area contributed by atoms with Crippen LogP contribution in [0, 0.1) is 0 Å². The molecule has 87 heavy (non-hydrogen) atoms. The average molecular weight is 1230 g/mol. The summed E-state index contributed by atoms with van der Waals surface area (Å²) < 4.78 is 22.8. The van der Waals surface area contributed by atoms with E-state index in [1.165, 1.54) is 167 Å². The number of aliphatic hydroxyl groups is 8. The number of hydrogen-bond donors (Lipinski definition) is 9. The molecule has 0 bridgehead atoms. The van der Waals surface area contributed by atoms with Gasteiger partial charge >= 0.3 is 0 Å². The van der Waals surface area contributed by atoms with Crippen LogP contribution in [-0.2, 0) is 23.7 Å². The molecule has 502 valence electrons. The summed E-state index contributed by atoms with van der Waals surface area (Å²) in [6, 6.07) is -0.954. The van der Waals surface area contributed by atoms with Crippen LogP contribution < -0.4 is 5.32 Å². The van der Waals surface area contributed by atoms with Crippen LogP contribution in [0.15, 0.2) is 97.2 Å². The van der Waals surface area contributed by atoms with Crippen molar-refractivity contribution in [1.82, 2.24) is 5.32 Å². The van der Waals surface area contributed by atoms with E-state index >= 15 is 0 Å². The zero-order valence-corrected chi connectivity index (χ0v) is 54.5. The van der Waals surface area contributed by atoms with Crippen LogP contribution in [-0.4, -0.2) is 140 Å². The van der Waals surface area contributed by atoms with E-state index in [9.17, 15) is 45.6 Å². The van der Waals surface area contributed by atoms with E-state index in [4.69, 9.17) is 18.9 Å². The number of nitrogens with one attached hydrogen (secondary N) is 1. The van der Waals surface area contributed by atoms with Gasteiger partial charge in [-0.3, -0.25) is 4.79 Å². The molecule has 0 aromatic carbocycles. The first-order chi connectivity index (χ1) is 42.6. The molecule has 2 fully saturated rings. The van der Waals surface area contributed by atoms with Crippen molar-refractivity contribution >= 4 is 5.91 Å². The lowest BCUT2D eigenvalue weighted by atomic mass is 9.97. The molecule has 9 N–H and O–H groups in total. The van der Waals surface area contributed by atoms with Gasteiger partial charge in [0.25, 0.3) is 0 Å². The number of amides is 1. The normalized spacial score (nSPS) is 23.9. The Hall–Kier alpha value is -3.09. The molecule has 0 spiro atoms. The van der Waals surface area contributed by atoms with E-state index in [1.54, 1.807) is 6.08 Å². The Morgan fingerprint density at radius 2 is 0.793 bits per heavy atom. The van der Waals surface area contributed by atoms with Gasteiger partial charge in [0.1, 0.15) is 48.8 Å². The Morgan fingerprint density at radius 1 is 0.425 bits per heavy atom. The fraction of sp³-hybridized carbons (Fsp3) is 0.767. The van der Waals surface area contributed by atoms with Crippen LogP contribution in [0.4, 0.5) is 0 Å². The van der Waals surface area contributed by atoms with Crippen molar-refractivity contribution in [3.63, 3.8) is 0 Å². The summed E-state index contributed by atoms with van der Waals surface area (Å²) in [5, 5.41) is 87.4. The number of allylic oxidation sites excluding steroid dienone is 15. The quantitative estimate of drug-likeness (QED) is 0.0204. The Kier molecular flexibility index (Phi) is 52.3. The molecule has 2 heterocycles. The van der Waals surface area contributed by atoms with Crippen molar-refractivity contribution in [1.29, 1.82) is 0 Å². The van der Waals surface area contributed by atoms with Crippen LogP contribution >= 0.6 is 0 Å². The molecule has 1 amide bonds. The summed E-state index contributed by atoms with van der Waals surface area (Å²) in [6.07, 6.45) is 63.3. The highest BCUT2D eigenvalue weighted by molar-refractivity contribution is 5.76. The zero-order chi connectivity index (χ0) is 63.1. The highest BCUT2D eigenvalue weighted by atomic mass is 16.7. The van der Waals surface area contributed by atoms with Crippen LogP contribution in [0.1, 0.15) is 264 Å². The zero-order valence-electron chi connectivity index (χ0n) is 54.5. The summed E-state index contributed by atoms with van der Waals surface area (Å²) in [5.74, 6) is -0.298. The first-order valence-corrected chi connectivity index (χ1v) is 35.0. The predicted molar refractivity (Wildman–Crippen MR) is 355 cm³/mol. The first-order valence-electron chi connectivity index (χ1n) is 35.0. The largest absolute Gasteiger partial charge is 0.394 e. The first kappa shape index (κ1) is 80.0. The Morgan fingerprint density at radius 3 is 1.21 bits per heavy atom. The molecule has 2 rings (SSSR count). The second kappa shape index (κ2) is 56.9. The van der Waals surface area contributed by atoms with Gasteiger partial charge in [-0.05, 0) is 70.6 Å². The second-order valence-corrected chi connectivity index (χ2v) is 24.3. The van der Waals surface area contributed by atoms with Gasteiger partial charge in [-0.15, -0.1) is 0 Å². The third-order valence-electron chi connectivity index (χ3n) is 16.5. The molecule has 12 atom stereocenters. The number of carbonyl (C=O) groups excluding carboxylic acids is 1. The maximum absolute atomic E-state index is 13.3. The minimum Gasteiger partial charge on any atom is -0.394 e. The Balaban J connectivity index is 1.71. The molecule has 12 unspecified atom stereocenters. The van der Waals surface area contributed by atoms with E-state index in [0.717, 1.165) is 64.2 Å². The van der Waals surface area contributed by atoms with Gasteiger partial charge in [0, 0.05) is 6.42 Å². The van der Waals surface area contributed by atoms with E-state index < -0.39 is 86.8 Å². The van der Waals surface area contributed by atoms with E-state index in [2.05, 4.69) is 104 Å². The molecule has 0 saturated carbocycles. The van der Waals surface area contributed by atoms with Gasteiger partial charge in [-0.2, -0.15) is 0 Å². The lowest BCUT2D eigenvalue weighted by molar-refractivity contribution is -0.359. The van der Waals surface area contributed by atoms with Gasteiger partial charge in [0.05, 0.1) is 32.0 Å². The van der Waals surface area contributed by atoms with Gasteiger partial charge in [-0.25, -0.2) is 0 Å². The molecule has 0 radical (unpaired) electrons. The topological polar surface area (TPSA) is 228 Å². The summed E-state index contributed by atoms with van der Waals surface area (Å²) in [5.41, 5.74) is 0. The van der Waals surface area contributed by atoms with Crippen molar-refractivity contribution in [2.24, 2.45) is 0 Å². The van der Waals surface area contributed by atoms with Crippen LogP contribution in [0.5, 0.6) is 0 Å². The van der Waals surface area contributed by atoms with E-state index in [-0.39, 0.29) is 18.9 Å². The maximum Gasteiger partial charge on any atom is 0.220 e. The lowest BCUT2D eigenvalue weighted by Gasteiger charge is -2.46. The van der Waals surface area contributed by atoms with Gasteiger partial charge in [0.2, 0.25) is 5.91 Å². The number of aliphatic hydroxyl groups excluding tert-OH is 8. The standard InChI is InChI=1S/C73H127NO13/c1-3-5-7-9-11-13-15-17-19-21-23-25-27-28-29-30-31-32-33-35-36-38-40-42-44-46-48-50-52-54-56-62(77)61(60-84-72-70(83)68(81)71(64(59-76)86-72)87-73-69(82)67(80)66(79)63(58-75)85-73)74-65(78)57-55-53-51-49-47-45-43-41-39-37-34-26-24-22-20-18-16-14-12-10-8-6-4-2/h6,8,12,14,18,20,24,26,37,39,43,45,49,51,54,56,61-64,66-73,75-77,79-83H,3-5,7,9-11,13,15-17,19,21-23,25,27-36,38,40-42,44,46-48,50,52-53,55,57-60H2,1-2H3,(H,74,78)/b8-6-,14-12-,20-18-,26-24-,39-37-,45-43-,51-49-,56-54+. The molecule has 14 nitrogen and oxygen atoms in total. The van der Waals surface area contributed by atoms with Crippen LogP contribution in [0.3, 0.4) is 0 Å². The number of ether oxygens (including phenoxy) is 4. The number of carbonyl (C=O) groups is 1. The van der Waals surface area contributed by atoms with E-state index in [0.29, 0.717) is 12.8 Å². The number of hydrogen-bond acceptors (Lipinski definition) is 13. The molecule has 2 aliphatic rings. The Bertz CT molecular complexity index is 1830. The predicted octanol–water partition coefficient (Wildman–Crippen LogP) is 14.2. The lowest BCUT2D eigenvalue weighted by Crippen LogP contribution is -2.65. The molecular formula is C73H127NO13. The molecular weight excluding hydrogens is 1100 g/mol. The fourth-order valence-corrected chi connectivity index (χ4v) is 11.0. The van der Waals surface area contributed by atoms with Crippen molar-refractivity contribution in [3.05, 3.63) is 97.2 Å². The third kappa shape index (κ3) is 41.1. The Labute approximate surface area is 528 Å². The molecule has 2 aliphatic heterocycles. The van der Waals surface area contributed by atoms with Crippen molar-refractivity contribution in [2.75, 3.05) is 19.8 Å². The van der Waals surface area contributed by atoms with E-state index in [1.807, 2.05) is 6.08 Å². The highest BCUT2D eigenvalue weighted by Gasteiger charge is 2.51. The fourth-order valence-electron chi connectivity index (χ4n) is 11.0. The summed E-state index contributed by atoms with van der Waals surface area (Å²) in [7, 11) is 0. The summed E-state index contributed by atoms with van der Waals surface area (Å²) in [6.45, 7) is 2.67. The smallest absolute Gasteiger partial charge is 0.220 e. The molecule has 0 aromatic heterocycles. The van der Waals surface area contributed by atoms with Crippen molar-refractivity contribution in [2.45, 2.75) is 338 Å². The van der Waals surface area contributed by atoms with Crippen LogP contribution in [0.2, 0.25) is 0 Å². The summed E-state index contributed by atoms with van der Waals surface area (Å²) in [4.78, 5) is 13.3. The third-order valence-corrected chi connectivity index (χ3v) is 16.5.